The van der Waals surface area contributed by atoms with Crippen molar-refractivity contribution >= 4 is 17.6 Å². The number of amides is 2. The van der Waals surface area contributed by atoms with E-state index in [0.29, 0.717) is 17.9 Å². The van der Waals surface area contributed by atoms with E-state index in [9.17, 15) is 14.4 Å². The summed E-state index contributed by atoms with van der Waals surface area (Å²) in [6.45, 7) is 7.90. The Balaban J connectivity index is 2.08. The van der Waals surface area contributed by atoms with Gasteiger partial charge in [-0.2, -0.15) is 0 Å². The first-order valence-corrected chi connectivity index (χ1v) is 8.57. The van der Waals surface area contributed by atoms with Gasteiger partial charge < -0.3 is 19.8 Å². The minimum absolute atomic E-state index is 0.000551. The van der Waals surface area contributed by atoms with Gasteiger partial charge in [-0.3, -0.25) is 14.4 Å². The summed E-state index contributed by atoms with van der Waals surface area (Å²) in [6.07, 6.45) is 2.83. The summed E-state index contributed by atoms with van der Waals surface area (Å²) in [5.74, 6) is -0.338. The number of hydrogen-bond acceptors (Lipinski definition) is 5. The largest absolute Gasteiger partial charge is 0.472 e. The molecule has 1 saturated heterocycles. The Bertz CT molecular complexity index is 611. The smallest absolute Gasteiger partial charge is 0.255 e. The Labute approximate surface area is 147 Å². The van der Waals surface area contributed by atoms with Crippen LogP contribution in [0.5, 0.6) is 0 Å². The van der Waals surface area contributed by atoms with Crippen LogP contribution < -0.4 is 10.6 Å². The van der Waals surface area contributed by atoms with Crippen LogP contribution in [0.15, 0.2) is 23.0 Å². The lowest BCUT2D eigenvalue weighted by Gasteiger charge is -2.25. The van der Waals surface area contributed by atoms with Crippen molar-refractivity contribution in [3.63, 3.8) is 0 Å². The molecular formula is C18H26N2O5. The SMILES string of the molecule is CC(C)C(C)C[C@H](NC(=O)c1ccoc1)C(=O)N[C@@H]1C(=O)CO[C@H]1C. The second kappa shape index (κ2) is 8.29. The lowest BCUT2D eigenvalue weighted by Crippen LogP contribution is -2.53. The van der Waals surface area contributed by atoms with Gasteiger partial charge in [0.25, 0.3) is 5.91 Å². The zero-order chi connectivity index (χ0) is 18.6. The number of nitrogens with one attached hydrogen (secondary N) is 2. The highest BCUT2D eigenvalue weighted by molar-refractivity contribution is 5.98. The third kappa shape index (κ3) is 4.92. The van der Waals surface area contributed by atoms with Crippen LogP contribution in [-0.4, -0.2) is 42.4 Å². The summed E-state index contributed by atoms with van der Waals surface area (Å²) in [6, 6.07) is 0.127. The number of hydrogen-bond donors (Lipinski definition) is 2. The molecule has 2 rings (SSSR count). The van der Waals surface area contributed by atoms with Crippen molar-refractivity contribution in [1.29, 1.82) is 0 Å². The molecule has 0 aliphatic carbocycles. The van der Waals surface area contributed by atoms with Crippen molar-refractivity contribution in [2.24, 2.45) is 11.8 Å². The molecule has 1 aromatic rings. The zero-order valence-corrected chi connectivity index (χ0v) is 15.1. The Kier molecular flexibility index (Phi) is 6.36. The molecule has 0 aromatic carbocycles. The molecule has 2 N–H and O–H groups in total. The molecule has 2 heterocycles. The number of carbonyl (C=O) groups is 3. The average Bonchev–Trinajstić information content (AvgIpc) is 3.19. The van der Waals surface area contributed by atoms with Crippen molar-refractivity contribution in [3.8, 4) is 0 Å². The fraction of sp³-hybridized carbons (Fsp3) is 0.611. The van der Waals surface area contributed by atoms with Crippen molar-refractivity contribution in [2.75, 3.05) is 6.61 Å². The molecule has 0 spiro atoms. The van der Waals surface area contributed by atoms with Gasteiger partial charge in [-0.25, -0.2) is 0 Å². The molecule has 7 nitrogen and oxygen atoms in total. The maximum Gasteiger partial charge on any atom is 0.255 e. The topological polar surface area (TPSA) is 97.6 Å². The molecule has 4 atom stereocenters. The van der Waals surface area contributed by atoms with E-state index in [1.807, 2.05) is 6.92 Å². The number of rotatable bonds is 7. The molecule has 0 bridgehead atoms. The van der Waals surface area contributed by atoms with E-state index in [2.05, 4.69) is 24.5 Å². The van der Waals surface area contributed by atoms with E-state index in [4.69, 9.17) is 9.15 Å². The number of furan rings is 1. The van der Waals surface area contributed by atoms with Gasteiger partial charge in [0.2, 0.25) is 5.91 Å². The van der Waals surface area contributed by atoms with E-state index < -0.39 is 12.1 Å². The van der Waals surface area contributed by atoms with Gasteiger partial charge in [0, 0.05) is 0 Å². The van der Waals surface area contributed by atoms with Crippen LogP contribution in [0.3, 0.4) is 0 Å². The Morgan fingerprint density at radius 3 is 2.56 bits per heavy atom. The minimum atomic E-state index is -0.736. The van der Waals surface area contributed by atoms with Gasteiger partial charge in [0.1, 0.15) is 25.0 Å². The number of ether oxygens (including phenoxy) is 1. The summed E-state index contributed by atoms with van der Waals surface area (Å²) >= 11 is 0. The summed E-state index contributed by atoms with van der Waals surface area (Å²) in [5, 5.41) is 5.47. The molecule has 25 heavy (non-hydrogen) atoms. The monoisotopic (exact) mass is 350 g/mol. The van der Waals surface area contributed by atoms with E-state index in [-0.39, 0.29) is 36.2 Å². The molecular weight excluding hydrogens is 324 g/mol. The summed E-state index contributed by atoms with van der Waals surface area (Å²) in [5.41, 5.74) is 0.351. The van der Waals surface area contributed by atoms with Gasteiger partial charge in [-0.1, -0.05) is 20.8 Å². The lowest BCUT2D eigenvalue weighted by atomic mass is 9.90. The first-order chi connectivity index (χ1) is 11.8. The van der Waals surface area contributed by atoms with E-state index in [0.717, 1.165) is 0 Å². The molecule has 138 valence electrons. The molecule has 1 aromatic heterocycles. The van der Waals surface area contributed by atoms with Gasteiger partial charge in [0.05, 0.1) is 17.9 Å². The molecule has 1 fully saturated rings. The highest BCUT2D eigenvalue weighted by atomic mass is 16.5. The third-order valence-corrected chi connectivity index (χ3v) is 4.75. The first-order valence-electron chi connectivity index (χ1n) is 8.57. The average molecular weight is 350 g/mol. The van der Waals surface area contributed by atoms with Crippen molar-refractivity contribution in [1.82, 2.24) is 10.6 Å². The summed E-state index contributed by atoms with van der Waals surface area (Å²) < 4.78 is 10.2. The Morgan fingerprint density at radius 2 is 2.04 bits per heavy atom. The number of carbonyl (C=O) groups excluding carboxylic acids is 3. The quantitative estimate of drug-likeness (QED) is 0.777. The maximum absolute atomic E-state index is 12.7. The summed E-state index contributed by atoms with van der Waals surface area (Å²) in [4.78, 5) is 36.8. The van der Waals surface area contributed by atoms with Crippen LogP contribution in [0.1, 0.15) is 44.5 Å². The van der Waals surface area contributed by atoms with Gasteiger partial charge in [0.15, 0.2) is 5.78 Å². The normalized spacial score (nSPS) is 22.7. The molecule has 2 amide bonds. The maximum atomic E-state index is 12.7. The number of Topliss-reactive ketones (excluding diaryl/α,β-unsaturated/α-hetero) is 1. The predicted octanol–water partition coefficient (Wildman–Crippen LogP) is 1.53. The first kappa shape index (κ1) is 19.2. The highest BCUT2D eigenvalue weighted by Gasteiger charge is 2.36. The fourth-order valence-electron chi connectivity index (χ4n) is 2.62. The third-order valence-electron chi connectivity index (χ3n) is 4.75. The van der Waals surface area contributed by atoms with Gasteiger partial charge in [-0.05, 0) is 31.2 Å². The molecule has 1 unspecified atom stereocenters. The van der Waals surface area contributed by atoms with Crippen molar-refractivity contribution in [3.05, 3.63) is 24.2 Å². The van der Waals surface area contributed by atoms with E-state index >= 15 is 0 Å². The molecule has 1 aliphatic heterocycles. The van der Waals surface area contributed by atoms with E-state index in [1.54, 1.807) is 6.92 Å². The van der Waals surface area contributed by atoms with Crippen LogP contribution >= 0.6 is 0 Å². The zero-order valence-electron chi connectivity index (χ0n) is 15.1. The minimum Gasteiger partial charge on any atom is -0.472 e. The molecule has 0 saturated carbocycles. The highest BCUT2D eigenvalue weighted by Crippen LogP contribution is 2.18. The predicted molar refractivity (Wildman–Crippen MR) is 90.9 cm³/mol. The Morgan fingerprint density at radius 1 is 1.32 bits per heavy atom. The molecule has 7 heteroatoms. The second-order valence-corrected chi connectivity index (χ2v) is 6.96. The van der Waals surface area contributed by atoms with Crippen LogP contribution in [0.4, 0.5) is 0 Å². The second-order valence-electron chi connectivity index (χ2n) is 6.96. The lowest BCUT2D eigenvalue weighted by molar-refractivity contribution is -0.127. The van der Waals surface area contributed by atoms with Crippen LogP contribution in [0, 0.1) is 11.8 Å². The summed E-state index contributed by atoms with van der Waals surface area (Å²) in [7, 11) is 0. The molecule has 0 radical (unpaired) electrons. The van der Waals surface area contributed by atoms with Gasteiger partial charge in [-0.15, -0.1) is 0 Å². The molecule has 1 aliphatic rings. The Hall–Kier alpha value is -2.15. The van der Waals surface area contributed by atoms with Crippen LogP contribution in [0.2, 0.25) is 0 Å². The van der Waals surface area contributed by atoms with Crippen molar-refractivity contribution < 1.29 is 23.5 Å². The van der Waals surface area contributed by atoms with Crippen LogP contribution in [0.25, 0.3) is 0 Å². The van der Waals surface area contributed by atoms with Crippen LogP contribution in [-0.2, 0) is 14.3 Å². The van der Waals surface area contributed by atoms with E-state index in [1.165, 1.54) is 18.6 Å². The standard InChI is InChI=1S/C18H26N2O5/c1-10(2)11(3)7-14(19-17(22)13-5-6-24-8-13)18(23)20-16-12(4)25-9-15(16)21/h5-6,8,10-12,14,16H,7,9H2,1-4H3,(H,19,22)(H,20,23)/t11?,12-,14-,16-/m0/s1. The number of ketones is 1. The van der Waals surface area contributed by atoms with Gasteiger partial charge >= 0.3 is 0 Å². The fourth-order valence-corrected chi connectivity index (χ4v) is 2.62. The van der Waals surface area contributed by atoms with Crippen molar-refractivity contribution in [2.45, 2.75) is 52.3 Å².